The molecule has 1 spiro atoms. The molecule has 2 saturated heterocycles. The third-order valence-electron chi connectivity index (χ3n) is 7.73. The van der Waals surface area contributed by atoms with E-state index in [0.29, 0.717) is 23.5 Å². The molecule has 0 bridgehead atoms. The zero-order chi connectivity index (χ0) is 21.8. The molecule has 2 aliphatic heterocycles. The van der Waals surface area contributed by atoms with Crippen LogP contribution in [-0.4, -0.2) is 51.2 Å². The Hall–Kier alpha value is -2.28. The average Bonchev–Trinajstić information content (AvgIpc) is 3.51. The highest BCUT2D eigenvalue weighted by Crippen LogP contribution is 2.39. The van der Waals surface area contributed by atoms with Gasteiger partial charge in [0.1, 0.15) is 0 Å². The maximum atomic E-state index is 12.7. The first-order valence-corrected chi connectivity index (χ1v) is 12.3. The van der Waals surface area contributed by atoms with E-state index in [2.05, 4.69) is 20.0 Å². The Morgan fingerprint density at radius 2 is 1.88 bits per heavy atom. The van der Waals surface area contributed by atoms with Crippen molar-refractivity contribution in [1.82, 2.24) is 20.0 Å². The number of amides is 1. The largest absolute Gasteiger partial charge is 0.375 e. The van der Waals surface area contributed by atoms with E-state index in [4.69, 9.17) is 9.26 Å². The molecule has 1 aliphatic carbocycles. The van der Waals surface area contributed by atoms with Crippen molar-refractivity contribution in [3.8, 4) is 11.4 Å². The van der Waals surface area contributed by atoms with Gasteiger partial charge in [-0.05, 0) is 56.1 Å². The Morgan fingerprint density at radius 3 is 2.66 bits per heavy atom. The highest BCUT2D eigenvalue weighted by molar-refractivity contribution is 5.76. The fraction of sp³-hybridized carbons (Fsp3) is 0.680. The number of aromatic nitrogens is 3. The predicted molar refractivity (Wildman–Crippen MR) is 120 cm³/mol. The monoisotopic (exact) mass is 438 g/mol. The molecule has 32 heavy (non-hydrogen) atoms. The molecule has 3 fully saturated rings. The normalized spacial score (nSPS) is 23.6. The standard InChI is InChI=1S/C25H34N4O3/c30-23(6-5-19-3-1-2-4-19)29-14-10-25(11-15-29)18-20(9-16-31-25)17-22-27-24(28-32-22)21-7-12-26-13-8-21/h7-8,12-13,19-20H,1-6,9-11,14-18H2. The number of hydrogen-bond acceptors (Lipinski definition) is 6. The number of piperidine rings is 1. The van der Waals surface area contributed by atoms with Crippen molar-refractivity contribution in [2.24, 2.45) is 11.8 Å². The van der Waals surface area contributed by atoms with Gasteiger partial charge in [-0.2, -0.15) is 4.98 Å². The summed E-state index contributed by atoms with van der Waals surface area (Å²) in [6.07, 6.45) is 15.3. The highest BCUT2D eigenvalue weighted by Gasteiger charge is 2.41. The van der Waals surface area contributed by atoms with E-state index in [-0.39, 0.29) is 5.60 Å². The van der Waals surface area contributed by atoms with Crippen molar-refractivity contribution in [2.45, 2.75) is 76.2 Å². The van der Waals surface area contributed by atoms with Gasteiger partial charge in [-0.3, -0.25) is 9.78 Å². The molecular formula is C25H34N4O3. The second-order valence-corrected chi connectivity index (χ2v) is 9.91. The molecule has 2 aromatic heterocycles. The molecule has 2 aromatic rings. The lowest BCUT2D eigenvalue weighted by Crippen LogP contribution is -2.51. The number of ether oxygens (including phenoxy) is 1. The number of likely N-dealkylation sites (tertiary alicyclic amines) is 1. The van der Waals surface area contributed by atoms with Crippen LogP contribution in [0.2, 0.25) is 0 Å². The van der Waals surface area contributed by atoms with Gasteiger partial charge < -0.3 is 14.2 Å². The molecule has 5 rings (SSSR count). The molecule has 1 atom stereocenters. The average molecular weight is 439 g/mol. The van der Waals surface area contributed by atoms with Crippen LogP contribution >= 0.6 is 0 Å². The molecule has 1 unspecified atom stereocenters. The van der Waals surface area contributed by atoms with Gasteiger partial charge in [0.25, 0.3) is 0 Å². The lowest BCUT2D eigenvalue weighted by Gasteiger charge is -2.46. The van der Waals surface area contributed by atoms with Crippen molar-refractivity contribution in [3.63, 3.8) is 0 Å². The summed E-state index contributed by atoms with van der Waals surface area (Å²) in [4.78, 5) is 23.4. The minimum Gasteiger partial charge on any atom is -0.375 e. The zero-order valence-corrected chi connectivity index (χ0v) is 18.9. The molecule has 1 saturated carbocycles. The van der Waals surface area contributed by atoms with Gasteiger partial charge in [0, 0.05) is 50.5 Å². The van der Waals surface area contributed by atoms with Crippen LogP contribution in [0.25, 0.3) is 11.4 Å². The maximum absolute atomic E-state index is 12.7. The fourth-order valence-corrected chi connectivity index (χ4v) is 5.80. The lowest BCUT2D eigenvalue weighted by molar-refractivity contribution is -0.147. The van der Waals surface area contributed by atoms with E-state index in [0.717, 1.165) is 76.1 Å². The Bertz CT molecular complexity index is 886. The summed E-state index contributed by atoms with van der Waals surface area (Å²) in [7, 11) is 0. The number of pyridine rings is 1. The summed E-state index contributed by atoms with van der Waals surface area (Å²) < 4.78 is 11.8. The third kappa shape index (κ3) is 5.03. The van der Waals surface area contributed by atoms with Crippen LogP contribution < -0.4 is 0 Å². The number of carbonyl (C=O) groups excluding carboxylic acids is 1. The van der Waals surface area contributed by atoms with E-state index in [1.807, 2.05) is 12.1 Å². The highest BCUT2D eigenvalue weighted by atomic mass is 16.5. The van der Waals surface area contributed by atoms with Gasteiger partial charge in [-0.15, -0.1) is 0 Å². The van der Waals surface area contributed by atoms with Crippen LogP contribution in [0.4, 0.5) is 0 Å². The van der Waals surface area contributed by atoms with Gasteiger partial charge in [-0.1, -0.05) is 30.8 Å². The van der Waals surface area contributed by atoms with E-state index in [1.54, 1.807) is 12.4 Å². The molecule has 7 nitrogen and oxygen atoms in total. The first-order valence-electron chi connectivity index (χ1n) is 12.3. The van der Waals surface area contributed by atoms with Crippen molar-refractivity contribution < 1.29 is 14.1 Å². The Labute approximate surface area is 189 Å². The summed E-state index contributed by atoms with van der Waals surface area (Å²) in [5.74, 6) is 2.90. The molecule has 4 heterocycles. The SMILES string of the molecule is O=C(CCC1CCCC1)N1CCC2(CC1)CC(Cc1nc(-c3ccncc3)no1)CCO2. The molecule has 7 heteroatoms. The minimum atomic E-state index is -0.0981. The summed E-state index contributed by atoms with van der Waals surface area (Å²) >= 11 is 0. The molecule has 0 N–H and O–H groups in total. The van der Waals surface area contributed by atoms with E-state index < -0.39 is 0 Å². The molecule has 3 aliphatic rings. The smallest absolute Gasteiger partial charge is 0.227 e. The van der Waals surface area contributed by atoms with E-state index in [1.165, 1.54) is 25.7 Å². The number of carbonyl (C=O) groups is 1. The molecule has 172 valence electrons. The van der Waals surface area contributed by atoms with Crippen molar-refractivity contribution in [1.29, 1.82) is 0 Å². The maximum Gasteiger partial charge on any atom is 0.227 e. The van der Waals surface area contributed by atoms with Crippen molar-refractivity contribution in [3.05, 3.63) is 30.4 Å². The molecule has 1 amide bonds. The predicted octanol–water partition coefficient (Wildman–Crippen LogP) is 4.43. The van der Waals surface area contributed by atoms with Crippen LogP contribution in [0.15, 0.2) is 29.0 Å². The van der Waals surface area contributed by atoms with Crippen molar-refractivity contribution in [2.75, 3.05) is 19.7 Å². The second kappa shape index (κ2) is 9.69. The summed E-state index contributed by atoms with van der Waals surface area (Å²) in [6.45, 7) is 2.41. The second-order valence-electron chi connectivity index (χ2n) is 9.91. The van der Waals surface area contributed by atoms with Gasteiger partial charge in [0.05, 0.1) is 5.60 Å². The van der Waals surface area contributed by atoms with Crippen LogP contribution in [0, 0.1) is 11.8 Å². The third-order valence-corrected chi connectivity index (χ3v) is 7.73. The summed E-state index contributed by atoms with van der Waals surface area (Å²) in [5.41, 5.74) is 0.822. The quantitative estimate of drug-likeness (QED) is 0.664. The van der Waals surface area contributed by atoms with Crippen molar-refractivity contribution >= 4 is 5.91 Å². The topological polar surface area (TPSA) is 81.4 Å². The zero-order valence-electron chi connectivity index (χ0n) is 18.9. The summed E-state index contributed by atoms with van der Waals surface area (Å²) in [5, 5.41) is 4.14. The minimum absolute atomic E-state index is 0.0981. The molecular weight excluding hydrogens is 404 g/mol. The van der Waals surface area contributed by atoms with Crippen LogP contribution in [0.1, 0.15) is 70.1 Å². The Balaban J connectivity index is 1.12. The molecule has 0 aromatic carbocycles. The van der Waals surface area contributed by atoms with Gasteiger partial charge in [-0.25, -0.2) is 0 Å². The van der Waals surface area contributed by atoms with E-state index >= 15 is 0 Å². The fourth-order valence-electron chi connectivity index (χ4n) is 5.80. The Kier molecular flexibility index (Phi) is 6.53. The first-order chi connectivity index (χ1) is 15.7. The van der Waals surface area contributed by atoms with Crippen LogP contribution in [0.5, 0.6) is 0 Å². The van der Waals surface area contributed by atoms with Crippen LogP contribution in [0.3, 0.4) is 0 Å². The lowest BCUT2D eigenvalue weighted by atomic mass is 9.78. The van der Waals surface area contributed by atoms with Crippen LogP contribution in [-0.2, 0) is 16.0 Å². The van der Waals surface area contributed by atoms with E-state index in [9.17, 15) is 4.79 Å². The molecule has 0 radical (unpaired) electrons. The number of hydrogen-bond donors (Lipinski definition) is 0. The Morgan fingerprint density at radius 1 is 1.09 bits per heavy atom. The first kappa shape index (κ1) is 21.6. The number of nitrogens with zero attached hydrogens (tertiary/aromatic N) is 4. The van der Waals surface area contributed by atoms with Gasteiger partial charge >= 0.3 is 0 Å². The van der Waals surface area contributed by atoms with Gasteiger partial charge in [0.2, 0.25) is 17.6 Å². The number of rotatable bonds is 6. The summed E-state index contributed by atoms with van der Waals surface area (Å²) in [6, 6.07) is 3.78. The van der Waals surface area contributed by atoms with Gasteiger partial charge in [0.15, 0.2) is 0 Å².